The van der Waals surface area contributed by atoms with E-state index in [1.165, 1.54) is 44.2 Å². The highest BCUT2D eigenvalue weighted by Crippen LogP contribution is 2.34. The van der Waals surface area contributed by atoms with Crippen molar-refractivity contribution in [2.24, 2.45) is 0 Å². The van der Waals surface area contributed by atoms with Gasteiger partial charge >= 0.3 is 6.18 Å². The number of ether oxygens (including phenoxy) is 1. The third-order valence-electron chi connectivity index (χ3n) is 4.28. The van der Waals surface area contributed by atoms with E-state index in [0.29, 0.717) is 11.4 Å². The largest absolute Gasteiger partial charge is 0.497 e. The number of likely N-dealkylation sites (N-methyl/N-ethyl adjacent to an activating group) is 1. The van der Waals surface area contributed by atoms with Gasteiger partial charge in [0.2, 0.25) is 11.8 Å². The van der Waals surface area contributed by atoms with Crippen LogP contribution in [0.3, 0.4) is 0 Å². The van der Waals surface area contributed by atoms with Gasteiger partial charge in [-0.15, -0.1) is 0 Å². The summed E-state index contributed by atoms with van der Waals surface area (Å²) in [5.74, 6) is -0.457. The standard InChI is InChI=1S/C20H22F3N3O3/c1-13(19(28)25-17-10-5-4-9-16(17)20(21,22)23)26(2)12-18(27)24-14-7-6-8-15(11-14)29-3/h4-11,13H,12H2,1-3H3,(H,24,27)(H,25,28). The predicted molar refractivity (Wildman–Crippen MR) is 104 cm³/mol. The highest BCUT2D eigenvalue weighted by Gasteiger charge is 2.34. The zero-order valence-corrected chi connectivity index (χ0v) is 16.2. The Morgan fingerprint density at radius 3 is 2.45 bits per heavy atom. The average Bonchev–Trinajstić information content (AvgIpc) is 2.66. The molecule has 0 radical (unpaired) electrons. The van der Waals surface area contributed by atoms with E-state index in [-0.39, 0.29) is 18.1 Å². The van der Waals surface area contributed by atoms with Crippen molar-refractivity contribution in [3.63, 3.8) is 0 Å². The Morgan fingerprint density at radius 1 is 1.10 bits per heavy atom. The second-order valence-corrected chi connectivity index (χ2v) is 6.40. The number of para-hydroxylation sites is 1. The van der Waals surface area contributed by atoms with E-state index in [4.69, 9.17) is 4.74 Å². The Morgan fingerprint density at radius 2 is 1.79 bits per heavy atom. The summed E-state index contributed by atoms with van der Waals surface area (Å²) in [6, 6.07) is 10.7. The molecule has 2 amide bonds. The number of benzene rings is 2. The monoisotopic (exact) mass is 409 g/mol. The zero-order chi connectivity index (χ0) is 21.6. The van der Waals surface area contributed by atoms with Crippen molar-refractivity contribution < 1.29 is 27.5 Å². The summed E-state index contributed by atoms with van der Waals surface area (Å²) < 4.78 is 44.3. The van der Waals surface area contributed by atoms with E-state index in [2.05, 4.69) is 10.6 Å². The van der Waals surface area contributed by atoms with Gasteiger partial charge in [0.1, 0.15) is 5.75 Å². The molecule has 1 atom stereocenters. The molecule has 9 heteroatoms. The minimum atomic E-state index is -4.59. The predicted octanol–water partition coefficient (Wildman–Crippen LogP) is 3.61. The lowest BCUT2D eigenvalue weighted by Crippen LogP contribution is -2.43. The number of anilines is 2. The first-order valence-corrected chi connectivity index (χ1v) is 8.73. The van der Waals surface area contributed by atoms with Crippen LogP contribution < -0.4 is 15.4 Å². The molecule has 0 heterocycles. The van der Waals surface area contributed by atoms with Crippen LogP contribution in [0, 0.1) is 0 Å². The summed E-state index contributed by atoms with van der Waals surface area (Å²) in [5, 5.41) is 4.97. The lowest BCUT2D eigenvalue weighted by molar-refractivity contribution is -0.137. The van der Waals surface area contributed by atoms with Gasteiger partial charge in [-0.2, -0.15) is 13.2 Å². The SMILES string of the molecule is COc1cccc(NC(=O)CN(C)C(C)C(=O)Nc2ccccc2C(F)(F)F)c1. The normalized spacial score (nSPS) is 12.4. The zero-order valence-electron chi connectivity index (χ0n) is 16.2. The molecular weight excluding hydrogens is 387 g/mol. The van der Waals surface area contributed by atoms with Crippen LogP contribution in [0.2, 0.25) is 0 Å². The molecule has 29 heavy (non-hydrogen) atoms. The lowest BCUT2D eigenvalue weighted by Gasteiger charge is -2.24. The number of halogens is 3. The number of hydrogen-bond acceptors (Lipinski definition) is 4. The minimum absolute atomic E-state index is 0.132. The molecule has 0 aliphatic carbocycles. The molecule has 0 fully saturated rings. The van der Waals surface area contributed by atoms with Gasteiger partial charge in [-0.1, -0.05) is 18.2 Å². The number of amides is 2. The molecule has 2 rings (SSSR count). The van der Waals surface area contributed by atoms with Gasteiger partial charge in [-0.25, -0.2) is 0 Å². The van der Waals surface area contributed by atoms with Crippen LogP contribution >= 0.6 is 0 Å². The molecule has 0 bridgehead atoms. The Labute approximate surface area is 166 Å². The molecule has 0 saturated carbocycles. The summed E-state index contributed by atoms with van der Waals surface area (Å²) in [6.45, 7) is 1.37. The van der Waals surface area contributed by atoms with E-state index >= 15 is 0 Å². The van der Waals surface area contributed by atoms with Gasteiger partial charge in [0.05, 0.1) is 30.9 Å². The van der Waals surface area contributed by atoms with Crippen molar-refractivity contribution in [2.75, 3.05) is 31.3 Å². The summed E-state index contributed by atoms with van der Waals surface area (Å²) in [7, 11) is 3.04. The second-order valence-electron chi connectivity index (χ2n) is 6.40. The van der Waals surface area contributed by atoms with Crippen LogP contribution in [0.4, 0.5) is 24.5 Å². The number of nitrogens with zero attached hydrogens (tertiary/aromatic N) is 1. The number of carbonyl (C=O) groups excluding carboxylic acids is 2. The lowest BCUT2D eigenvalue weighted by atomic mass is 10.1. The van der Waals surface area contributed by atoms with Gasteiger partial charge in [0, 0.05) is 11.8 Å². The highest BCUT2D eigenvalue weighted by molar-refractivity contribution is 5.96. The van der Waals surface area contributed by atoms with Crippen LogP contribution in [0.25, 0.3) is 0 Å². The van der Waals surface area contributed by atoms with Crippen molar-refractivity contribution in [3.05, 3.63) is 54.1 Å². The molecule has 0 aliphatic rings. The van der Waals surface area contributed by atoms with E-state index in [0.717, 1.165) is 6.07 Å². The highest BCUT2D eigenvalue weighted by atomic mass is 19.4. The minimum Gasteiger partial charge on any atom is -0.497 e. The molecule has 2 aromatic carbocycles. The summed E-state index contributed by atoms with van der Waals surface area (Å²) in [5.41, 5.74) is -0.732. The summed E-state index contributed by atoms with van der Waals surface area (Å²) >= 11 is 0. The third kappa shape index (κ3) is 6.21. The molecule has 2 N–H and O–H groups in total. The van der Waals surface area contributed by atoms with Gasteiger partial charge in [-0.3, -0.25) is 14.5 Å². The molecule has 1 unspecified atom stereocenters. The van der Waals surface area contributed by atoms with Crippen LogP contribution in [0.1, 0.15) is 12.5 Å². The van der Waals surface area contributed by atoms with Gasteiger partial charge in [0.15, 0.2) is 0 Å². The Bertz CT molecular complexity index is 871. The van der Waals surface area contributed by atoms with Crippen LogP contribution in [0.5, 0.6) is 5.75 Å². The molecule has 0 saturated heterocycles. The van der Waals surface area contributed by atoms with E-state index in [1.54, 1.807) is 24.3 Å². The van der Waals surface area contributed by atoms with Crippen LogP contribution in [-0.2, 0) is 15.8 Å². The Balaban J connectivity index is 1.98. The van der Waals surface area contributed by atoms with Crippen molar-refractivity contribution in [3.8, 4) is 5.75 Å². The fourth-order valence-corrected chi connectivity index (χ4v) is 2.54. The fraction of sp³-hybridized carbons (Fsp3) is 0.300. The van der Waals surface area contributed by atoms with Gasteiger partial charge in [0.25, 0.3) is 0 Å². The molecule has 0 aromatic heterocycles. The molecule has 2 aromatic rings. The summed E-state index contributed by atoms with van der Waals surface area (Å²) in [6.07, 6.45) is -4.59. The smallest absolute Gasteiger partial charge is 0.418 e. The average molecular weight is 409 g/mol. The molecule has 156 valence electrons. The molecular formula is C20H22F3N3O3. The maximum absolute atomic E-state index is 13.1. The first kappa shape index (κ1) is 22.2. The molecule has 0 spiro atoms. The Hall–Kier alpha value is -3.07. The first-order chi connectivity index (χ1) is 13.6. The van der Waals surface area contributed by atoms with Crippen molar-refractivity contribution in [1.82, 2.24) is 4.90 Å². The van der Waals surface area contributed by atoms with Crippen LogP contribution in [0.15, 0.2) is 48.5 Å². The van der Waals surface area contributed by atoms with E-state index in [1.807, 2.05) is 0 Å². The molecule has 0 aliphatic heterocycles. The number of alkyl halides is 3. The number of hydrogen-bond donors (Lipinski definition) is 2. The number of carbonyl (C=O) groups is 2. The third-order valence-corrected chi connectivity index (χ3v) is 4.28. The summed E-state index contributed by atoms with van der Waals surface area (Å²) in [4.78, 5) is 26.0. The second kappa shape index (κ2) is 9.42. The quantitative estimate of drug-likeness (QED) is 0.733. The van der Waals surface area contributed by atoms with Gasteiger partial charge < -0.3 is 15.4 Å². The number of rotatable bonds is 7. The molecule has 6 nitrogen and oxygen atoms in total. The van der Waals surface area contributed by atoms with Crippen LogP contribution in [-0.4, -0.2) is 43.5 Å². The maximum Gasteiger partial charge on any atom is 0.418 e. The fourth-order valence-electron chi connectivity index (χ4n) is 2.54. The van der Waals surface area contributed by atoms with E-state index < -0.39 is 23.7 Å². The maximum atomic E-state index is 13.1. The Kier molecular flexibility index (Phi) is 7.22. The van der Waals surface area contributed by atoms with Crippen molar-refractivity contribution in [2.45, 2.75) is 19.1 Å². The van der Waals surface area contributed by atoms with Crippen molar-refractivity contribution in [1.29, 1.82) is 0 Å². The number of nitrogens with one attached hydrogen (secondary N) is 2. The number of methoxy groups -OCH3 is 1. The van der Waals surface area contributed by atoms with Crippen molar-refractivity contribution >= 4 is 23.2 Å². The first-order valence-electron chi connectivity index (χ1n) is 8.73. The van der Waals surface area contributed by atoms with Gasteiger partial charge in [-0.05, 0) is 38.2 Å². The topological polar surface area (TPSA) is 70.7 Å². The van der Waals surface area contributed by atoms with E-state index in [9.17, 15) is 22.8 Å².